The van der Waals surface area contributed by atoms with Crippen LogP contribution in [0.1, 0.15) is 29.8 Å². The van der Waals surface area contributed by atoms with Crippen molar-refractivity contribution in [3.8, 4) is 11.5 Å². The van der Waals surface area contributed by atoms with E-state index < -0.39 is 0 Å². The summed E-state index contributed by atoms with van der Waals surface area (Å²) in [4.78, 5) is 11.5. The first-order chi connectivity index (χ1) is 7.50. The van der Waals surface area contributed by atoms with Crippen LogP contribution in [-0.2, 0) is 6.42 Å². The van der Waals surface area contributed by atoms with E-state index in [1.54, 1.807) is 6.07 Å². The van der Waals surface area contributed by atoms with Crippen molar-refractivity contribution in [3.63, 3.8) is 0 Å². The molecule has 1 heterocycles. The number of Topliss-reactive ketones (excluding diaryl/α,β-unsaturated/α-hetero) is 1. The van der Waals surface area contributed by atoms with Crippen molar-refractivity contribution >= 4 is 5.78 Å². The predicted molar refractivity (Wildman–Crippen MR) is 61.0 cm³/mol. The van der Waals surface area contributed by atoms with E-state index >= 15 is 0 Å². The van der Waals surface area contributed by atoms with Crippen LogP contribution in [0.3, 0.4) is 0 Å². The third-order valence-corrected chi connectivity index (χ3v) is 2.81. The summed E-state index contributed by atoms with van der Waals surface area (Å²) < 4.78 is 5.65. The van der Waals surface area contributed by atoms with Crippen LogP contribution < -0.4 is 4.74 Å². The van der Waals surface area contributed by atoms with Gasteiger partial charge in [-0.05, 0) is 31.6 Å². The number of aromatic hydroxyl groups is 1. The minimum absolute atomic E-state index is 0.0252. The molecule has 0 fully saturated rings. The number of ketones is 1. The van der Waals surface area contributed by atoms with Gasteiger partial charge in [-0.1, -0.05) is 6.58 Å². The molecule has 3 heteroatoms. The highest BCUT2D eigenvalue weighted by molar-refractivity contribution is 5.99. The molecule has 0 amide bonds. The molecule has 0 aliphatic carbocycles. The van der Waals surface area contributed by atoms with Gasteiger partial charge in [-0.2, -0.15) is 0 Å². The maximum atomic E-state index is 11.5. The number of fused-ring (bicyclic) bond motifs is 1. The average Bonchev–Trinajstić information content (AvgIpc) is 2.60. The summed E-state index contributed by atoms with van der Waals surface area (Å²) in [5.41, 5.74) is 2.09. The van der Waals surface area contributed by atoms with Gasteiger partial charge in [-0.15, -0.1) is 0 Å². The van der Waals surface area contributed by atoms with Crippen molar-refractivity contribution in [2.75, 3.05) is 0 Å². The highest BCUT2D eigenvalue weighted by Gasteiger charge is 2.28. The third kappa shape index (κ3) is 1.58. The summed E-state index contributed by atoms with van der Waals surface area (Å²) in [6, 6.07) is 3.19. The minimum Gasteiger partial charge on any atom is -0.507 e. The van der Waals surface area contributed by atoms with E-state index in [4.69, 9.17) is 4.74 Å². The van der Waals surface area contributed by atoms with Crippen LogP contribution in [0.15, 0.2) is 24.3 Å². The maximum Gasteiger partial charge on any atom is 0.163 e. The zero-order chi connectivity index (χ0) is 11.9. The van der Waals surface area contributed by atoms with Gasteiger partial charge in [-0.3, -0.25) is 4.79 Å². The predicted octanol–water partition coefficient (Wildman–Crippen LogP) is 2.47. The lowest BCUT2D eigenvalue weighted by molar-refractivity contribution is 0.101. The largest absolute Gasteiger partial charge is 0.507 e. The summed E-state index contributed by atoms with van der Waals surface area (Å²) in [6.07, 6.45) is 0.517. The molecule has 0 bridgehead atoms. The molecule has 0 saturated carbocycles. The van der Waals surface area contributed by atoms with Crippen LogP contribution in [0.4, 0.5) is 0 Å². The molecule has 84 valence electrons. The molecule has 3 nitrogen and oxygen atoms in total. The fraction of sp³-hybridized carbons (Fsp3) is 0.308. The van der Waals surface area contributed by atoms with Crippen LogP contribution in [0.25, 0.3) is 0 Å². The molecular weight excluding hydrogens is 204 g/mol. The Balaban J connectivity index is 2.49. The molecule has 1 aromatic carbocycles. The van der Waals surface area contributed by atoms with Crippen LogP contribution in [0.5, 0.6) is 11.5 Å². The van der Waals surface area contributed by atoms with Crippen molar-refractivity contribution in [2.24, 2.45) is 0 Å². The van der Waals surface area contributed by atoms with Crippen molar-refractivity contribution in [2.45, 2.75) is 26.4 Å². The number of carbonyl (C=O) groups is 1. The number of rotatable bonds is 2. The number of carbonyl (C=O) groups excluding carboxylic acids is 1. The Morgan fingerprint density at radius 1 is 1.50 bits per heavy atom. The Bertz CT molecular complexity index is 474. The van der Waals surface area contributed by atoms with Crippen molar-refractivity contribution in [1.82, 2.24) is 0 Å². The quantitative estimate of drug-likeness (QED) is 0.612. The van der Waals surface area contributed by atoms with Gasteiger partial charge in [0.15, 0.2) is 5.78 Å². The molecule has 0 spiro atoms. The summed E-state index contributed by atoms with van der Waals surface area (Å²) in [6.45, 7) is 7.19. The third-order valence-electron chi connectivity index (χ3n) is 2.81. The molecular formula is C13H14O3. The van der Waals surface area contributed by atoms with E-state index in [0.29, 0.717) is 17.7 Å². The topological polar surface area (TPSA) is 46.5 Å². The van der Waals surface area contributed by atoms with Gasteiger partial charge < -0.3 is 9.84 Å². The van der Waals surface area contributed by atoms with Crippen LogP contribution in [-0.4, -0.2) is 17.0 Å². The lowest BCUT2D eigenvalue weighted by Crippen LogP contribution is -2.13. The molecule has 0 radical (unpaired) electrons. The Morgan fingerprint density at radius 2 is 2.19 bits per heavy atom. The fourth-order valence-electron chi connectivity index (χ4n) is 1.98. The molecule has 1 aromatic rings. The Labute approximate surface area is 94.4 Å². The van der Waals surface area contributed by atoms with Crippen molar-refractivity contribution in [1.29, 1.82) is 0 Å². The molecule has 0 saturated heterocycles. The fourth-order valence-corrected chi connectivity index (χ4v) is 1.98. The number of phenols is 1. The van der Waals surface area contributed by atoms with E-state index in [1.807, 2.05) is 6.92 Å². The first-order valence-corrected chi connectivity index (χ1v) is 5.18. The SMILES string of the molecule is C=C(C)C1Cc2c(ccc(O)c2C(C)=O)O1. The van der Waals surface area contributed by atoms with Gasteiger partial charge in [0, 0.05) is 12.0 Å². The van der Waals surface area contributed by atoms with Gasteiger partial charge in [0.05, 0.1) is 5.56 Å². The summed E-state index contributed by atoms with van der Waals surface area (Å²) in [5.74, 6) is 0.563. The van der Waals surface area contributed by atoms with Crippen LogP contribution >= 0.6 is 0 Å². The smallest absolute Gasteiger partial charge is 0.163 e. The first-order valence-electron chi connectivity index (χ1n) is 5.18. The number of phenolic OH excluding ortho intramolecular Hbond substituents is 1. The summed E-state index contributed by atoms with van der Waals surface area (Å²) in [7, 11) is 0. The van der Waals surface area contributed by atoms with Gasteiger partial charge >= 0.3 is 0 Å². The Hall–Kier alpha value is -1.77. The monoisotopic (exact) mass is 218 g/mol. The maximum absolute atomic E-state index is 11.5. The summed E-state index contributed by atoms with van der Waals surface area (Å²) in [5, 5.41) is 9.67. The number of hydrogen-bond acceptors (Lipinski definition) is 3. The molecule has 1 N–H and O–H groups in total. The van der Waals surface area contributed by atoms with Crippen LogP contribution in [0, 0.1) is 0 Å². The molecule has 1 unspecified atom stereocenters. The number of hydrogen-bond donors (Lipinski definition) is 1. The molecule has 1 aliphatic rings. The zero-order valence-corrected chi connectivity index (χ0v) is 9.41. The highest BCUT2D eigenvalue weighted by atomic mass is 16.5. The van der Waals surface area contributed by atoms with Gasteiger partial charge in [-0.25, -0.2) is 0 Å². The molecule has 1 aliphatic heterocycles. The second kappa shape index (κ2) is 3.67. The van der Waals surface area contributed by atoms with Gasteiger partial charge in [0.2, 0.25) is 0 Å². The Morgan fingerprint density at radius 3 is 2.75 bits per heavy atom. The minimum atomic E-state index is -0.139. The standard InChI is InChI=1S/C13H14O3/c1-7(2)12-6-9-11(16-12)5-4-10(15)13(9)8(3)14/h4-5,12,15H,1,6H2,2-3H3. The van der Waals surface area contributed by atoms with Gasteiger partial charge in [0.1, 0.15) is 17.6 Å². The van der Waals surface area contributed by atoms with Gasteiger partial charge in [0.25, 0.3) is 0 Å². The lowest BCUT2D eigenvalue weighted by Gasteiger charge is -2.08. The molecule has 16 heavy (non-hydrogen) atoms. The Kier molecular flexibility index (Phi) is 2.46. The van der Waals surface area contributed by atoms with E-state index in [-0.39, 0.29) is 17.6 Å². The zero-order valence-electron chi connectivity index (χ0n) is 9.41. The van der Waals surface area contributed by atoms with E-state index in [1.165, 1.54) is 13.0 Å². The van der Waals surface area contributed by atoms with Crippen LogP contribution in [0.2, 0.25) is 0 Å². The second-order valence-corrected chi connectivity index (χ2v) is 4.15. The normalized spacial score (nSPS) is 17.8. The average molecular weight is 218 g/mol. The second-order valence-electron chi connectivity index (χ2n) is 4.15. The summed E-state index contributed by atoms with van der Waals surface area (Å²) >= 11 is 0. The molecule has 0 aromatic heterocycles. The van der Waals surface area contributed by atoms with E-state index in [2.05, 4.69) is 6.58 Å². The number of benzene rings is 1. The molecule has 1 atom stereocenters. The number of ether oxygens (including phenoxy) is 1. The molecule has 2 rings (SSSR count). The van der Waals surface area contributed by atoms with E-state index in [0.717, 1.165) is 11.1 Å². The lowest BCUT2D eigenvalue weighted by atomic mass is 9.98. The van der Waals surface area contributed by atoms with Crippen molar-refractivity contribution in [3.05, 3.63) is 35.4 Å². The van der Waals surface area contributed by atoms with E-state index in [9.17, 15) is 9.90 Å². The highest BCUT2D eigenvalue weighted by Crippen LogP contribution is 2.37. The van der Waals surface area contributed by atoms with Crippen molar-refractivity contribution < 1.29 is 14.6 Å². The first kappa shape index (κ1) is 10.7.